The predicted octanol–water partition coefficient (Wildman–Crippen LogP) is 4.31. The first-order valence-corrected chi connectivity index (χ1v) is 13.7. The van der Waals surface area contributed by atoms with E-state index in [4.69, 9.17) is 0 Å². The molecule has 0 fully saturated rings. The number of rotatable bonds is 7. The molecule has 1 aromatic carbocycles. The Kier molecular flexibility index (Phi) is 8.42. The Morgan fingerprint density at radius 1 is 1.15 bits per heavy atom. The monoisotopic (exact) mass is 538 g/mol. The Bertz CT molecular complexity index is 1300. The Hall–Kier alpha value is -3.13. The number of benzene rings is 1. The number of nitrogens with zero attached hydrogens (tertiary/aromatic N) is 3. The highest BCUT2D eigenvalue weighted by atomic mass is 16.4. The topological polar surface area (TPSA) is 94.9 Å². The van der Waals surface area contributed by atoms with Gasteiger partial charge in [-0.15, -0.1) is 0 Å². The van der Waals surface area contributed by atoms with Crippen LogP contribution >= 0.6 is 0 Å². The summed E-state index contributed by atoms with van der Waals surface area (Å²) >= 11 is 0. The van der Waals surface area contributed by atoms with Crippen molar-refractivity contribution in [3.8, 4) is 0 Å². The van der Waals surface area contributed by atoms with Crippen LogP contribution in [0.5, 0.6) is 0 Å². The summed E-state index contributed by atoms with van der Waals surface area (Å²) < 4.78 is 2.21. The van der Waals surface area contributed by atoms with Crippen molar-refractivity contribution in [1.82, 2.24) is 19.7 Å². The molecule has 0 saturated carbocycles. The van der Waals surface area contributed by atoms with Crippen LogP contribution in [0.4, 0.5) is 0 Å². The number of carbonyl (C=O) groups excluding carboxylic acids is 2. The van der Waals surface area contributed by atoms with E-state index in [9.17, 15) is 19.5 Å². The van der Waals surface area contributed by atoms with Crippen LogP contribution in [-0.4, -0.2) is 69.5 Å². The molecule has 8 heteroatoms. The predicted molar refractivity (Wildman–Crippen MR) is 155 cm³/mol. The van der Waals surface area contributed by atoms with E-state index in [0.717, 1.165) is 10.9 Å². The molecule has 0 radical (unpaired) electrons. The highest BCUT2D eigenvalue weighted by Crippen LogP contribution is 2.43. The molecular weight excluding hydrogens is 492 g/mol. The number of nitrogens with one attached hydrogen (secondary N) is 1. The number of aryl methyl sites for hydroxylation is 1. The third-order valence-electron chi connectivity index (χ3n) is 8.28. The second kappa shape index (κ2) is 10.8. The second-order valence-corrected chi connectivity index (χ2v) is 13.1. The van der Waals surface area contributed by atoms with E-state index < -0.39 is 34.9 Å². The maximum atomic E-state index is 14.1. The first-order chi connectivity index (χ1) is 17.9. The minimum Gasteiger partial charge on any atom is -0.478 e. The lowest BCUT2D eigenvalue weighted by molar-refractivity contribution is -0.142. The van der Waals surface area contributed by atoms with Gasteiger partial charge >= 0.3 is 5.97 Å². The van der Waals surface area contributed by atoms with E-state index in [0.29, 0.717) is 6.54 Å². The van der Waals surface area contributed by atoms with Crippen LogP contribution < -0.4 is 5.32 Å². The van der Waals surface area contributed by atoms with Gasteiger partial charge in [0.05, 0.1) is 12.1 Å². The van der Waals surface area contributed by atoms with Gasteiger partial charge in [-0.1, -0.05) is 72.7 Å². The molecular formula is C31H46N4O4. The van der Waals surface area contributed by atoms with E-state index in [2.05, 4.69) is 47.8 Å². The van der Waals surface area contributed by atoms with Crippen LogP contribution in [0.25, 0.3) is 10.9 Å². The molecule has 3 rings (SSSR count). The first kappa shape index (κ1) is 30.4. The normalized spacial score (nSPS) is 19.5. The standard InChI is InChI=1S/C31H46N4O4/c1-18(2)22(16-19(3)29(38)39)35(11)28(37)25(30(4,5)6)32-27(36)26-31(7,8)24-20-14-12-13-15-21(20)34(10)23(24)17-33(26)9/h12-16,18,22,25-26H,17H2,1-11H3,(H,32,36)(H,38,39)/b19-16+/t22-,25+,26?/m0/s1. The van der Waals surface area contributed by atoms with E-state index in [1.54, 1.807) is 18.0 Å². The number of hydrogen-bond donors (Lipinski definition) is 2. The molecule has 1 aromatic heterocycles. The number of aromatic nitrogens is 1. The zero-order valence-corrected chi connectivity index (χ0v) is 25.4. The number of para-hydroxylation sites is 1. The third-order valence-corrected chi connectivity index (χ3v) is 8.28. The highest BCUT2D eigenvalue weighted by molar-refractivity contribution is 5.94. The summed E-state index contributed by atoms with van der Waals surface area (Å²) in [7, 11) is 5.71. The van der Waals surface area contributed by atoms with E-state index in [1.165, 1.54) is 18.2 Å². The van der Waals surface area contributed by atoms with Crippen LogP contribution in [0.2, 0.25) is 0 Å². The summed E-state index contributed by atoms with van der Waals surface area (Å²) in [6.45, 7) is 16.1. The molecule has 1 unspecified atom stereocenters. The molecule has 1 aliphatic heterocycles. The molecule has 2 heterocycles. The Labute approximate surface area is 233 Å². The van der Waals surface area contributed by atoms with Crippen LogP contribution in [0.15, 0.2) is 35.9 Å². The van der Waals surface area contributed by atoms with Gasteiger partial charge in [-0.25, -0.2) is 4.79 Å². The fraction of sp³-hybridized carbons (Fsp3) is 0.581. The molecule has 2 amide bonds. The number of carboxylic acids is 1. The molecule has 214 valence electrons. The van der Waals surface area contributed by atoms with Gasteiger partial charge < -0.3 is 19.9 Å². The number of carboxylic acid groups (broad SMARTS) is 1. The van der Waals surface area contributed by atoms with Crippen molar-refractivity contribution in [2.75, 3.05) is 14.1 Å². The lowest BCUT2D eigenvalue weighted by Gasteiger charge is -2.45. The summed E-state index contributed by atoms with van der Waals surface area (Å²) in [6, 6.07) is 6.56. The number of likely N-dealkylation sites (N-methyl/N-ethyl adjacent to an activating group) is 2. The van der Waals surface area contributed by atoms with Crippen molar-refractivity contribution in [2.24, 2.45) is 18.4 Å². The number of fused-ring (bicyclic) bond motifs is 3. The molecule has 0 spiro atoms. The summed E-state index contributed by atoms with van der Waals surface area (Å²) in [5.41, 5.74) is 2.59. The fourth-order valence-corrected chi connectivity index (χ4v) is 6.19. The average Bonchev–Trinajstić information content (AvgIpc) is 3.11. The van der Waals surface area contributed by atoms with Gasteiger partial charge in [0, 0.05) is 48.2 Å². The molecule has 2 N–H and O–H groups in total. The SMILES string of the molecule is C/C(=C\[C@@H](C(C)C)N(C)C(=O)[C@@H](NC(=O)C1N(C)Cc2c(c3ccccc3n2C)C1(C)C)C(C)(C)C)C(=O)O. The van der Waals surface area contributed by atoms with Gasteiger partial charge in [0.1, 0.15) is 6.04 Å². The molecule has 3 atom stereocenters. The number of aliphatic carboxylic acids is 1. The van der Waals surface area contributed by atoms with Crippen molar-refractivity contribution in [2.45, 2.75) is 85.5 Å². The molecule has 0 saturated heterocycles. The smallest absolute Gasteiger partial charge is 0.331 e. The van der Waals surface area contributed by atoms with Crippen LogP contribution in [0.1, 0.15) is 66.6 Å². The largest absolute Gasteiger partial charge is 0.478 e. The lowest BCUT2D eigenvalue weighted by Crippen LogP contribution is -2.63. The second-order valence-electron chi connectivity index (χ2n) is 13.1. The molecule has 1 aliphatic rings. The summed E-state index contributed by atoms with van der Waals surface area (Å²) in [6.07, 6.45) is 1.62. The minimum absolute atomic E-state index is 0.0160. The first-order valence-electron chi connectivity index (χ1n) is 13.7. The van der Waals surface area contributed by atoms with Gasteiger partial charge in [0.25, 0.3) is 0 Å². The Morgan fingerprint density at radius 2 is 1.74 bits per heavy atom. The van der Waals surface area contributed by atoms with Gasteiger partial charge in [-0.2, -0.15) is 0 Å². The van der Waals surface area contributed by atoms with Crippen molar-refractivity contribution in [3.63, 3.8) is 0 Å². The fourth-order valence-electron chi connectivity index (χ4n) is 6.19. The van der Waals surface area contributed by atoms with Gasteiger partial charge in [-0.05, 0) is 36.9 Å². The molecule has 2 aromatic rings. The molecule has 8 nitrogen and oxygen atoms in total. The maximum Gasteiger partial charge on any atom is 0.331 e. The number of amides is 2. The quantitative estimate of drug-likeness (QED) is 0.512. The number of carbonyl (C=O) groups is 3. The van der Waals surface area contributed by atoms with Crippen molar-refractivity contribution in [3.05, 3.63) is 47.2 Å². The van der Waals surface area contributed by atoms with E-state index in [-0.39, 0.29) is 23.3 Å². The van der Waals surface area contributed by atoms with Crippen LogP contribution in [-0.2, 0) is 33.4 Å². The van der Waals surface area contributed by atoms with Crippen LogP contribution in [0, 0.1) is 11.3 Å². The van der Waals surface area contributed by atoms with E-state index >= 15 is 0 Å². The molecule has 0 bridgehead atoms. The molecule has 0 aliphatic carbocycles. The Balaban J connectivity index is 1.98. The summed E-state index contributed by atoms with van der Waals surface area (Å²) in [5, 5.41) is 13.7. The van der Waals surface area contributed by atoms with Crippen LogP contribution in [0.3, 0.4) is 0 Å². The zero-order chi connectivity index (χ0) is 29.6. The lowest BCUT2D eigenvalue weighted by atomic mass is 9.72. The Morgan fingerprint density at radius 3 is 2.28 bits per heavy atom. The summed E-state index contributed by atoms with van der Waals surface area (Å²) in [4.78, 5) is 43.2. The average molecular weight is 539 g/mol. The maximum absolute atomic E-state index is 14.1. The van der Waals surface area contributed by atoms with Gasteiger partial charge in [0.2, 0.25) is 11.8 Å². The third kappa shape index (κ3) is 5.62. The van der Waals surface area contributed by atoms with E-state index in [1.807, 2.05) is 53.8 Å². The highest BCUT2D eigenvalue weighted by Gasteiger charge is 2.48. The van der Waals surface area contributed by atoms with Gasteiger partial charge in [-0.3, -0.25) is 14.5 Å². The molecule has 39 heavy (non-hydrogen) atoms. The van der Waals surface area contributed by atoms with Crippen molar-refractivity contribution >= 4 is 28.7 Å². The summed E-state index contributed by atoms with van der Waals surface area (Å²) in [5.74, 6) is -1.47. The van der Waals surface area contributed by atoms with Gasteiger partial charge in [0.15, 0.2) is 0 Å². The number of hydrogen-bond acceptors (Lipinski definition) is 4. The zero-order valence-electron chi connectivity index (χ0n) is 25.4. The minimum atomic E-state index is -1.02. The van der Waals surface area contributed by atoms with Crippen molar-refractivity contribution < 1.29 is 19.5 Å². The van der Waals surface area contributed by atoms with Crippen molar-refractivity contribution in [1.29, 1.82) is 0 Å².